The van der Waals surface area contributed by atoms with Crippen LogP contribution < -0.4 is 5.73 Å². The van der Waals surface area contributed by atoms with Crippen LogP contribution in [0.4, 0.5) is 0 Å². The zero-order valence-electron chi connectivity index (χ0n) is 3.72. The summed E-state index contributed by atoms with van der Waals surface area (Å²) in [5, 5.41) is 7.75. The summed E-state index contributed by atoms with van der Waals surface area (Å²) >= 11 is 0. The summed E-state index contributed by atoms with van der Waals surface area (Å²) in [4.78, 5) is 3.77. The zero-order valence-corrected chi connectivity index (χ0v) is 3.72. The van der Waals surface area contributed by atoms with Gasteiger partial charge in [-0.2, -0.15) is 0 Å². The van der Waals surface area contributed by atoms with Gasteiger partial charge in [0.1, 0.15) is 6.10 Å². The van der Waals surface area contributed by atoms with E-state index in [1.807, 2.05) is 0 Å². The molecule has 0 spiro atoms. The lowest BCUT2D eigenvalue weighted by Gasteiger charge is -1.98. The van der Waals surface area contributed by atoms with Crippen molar-refractivity contribution in [1.82, 2.24) is 0 Å². The van der Waals surface area contributed by atoms with Crippen LogP contribution in [0.2, 0.25) is 0 Å². The number of hydrogen-bond donors (Lipinski definition) is 2. The van der Waals surface area contributed by atoms with E-state index in [1.165, 1.54) is 0 Å². The molecule has 0 rings (SSSR count). The van der Waals surface area contributed by atoms with Gasteiger partial charge in [-0.3, -0.25) is 5.26 Å². The van der Waals surface area contributed by atoms with Crippen LogP contribution >= 0.6 is 0 Å². The van der Waals surface area contributed by atoms with Crippen LogP contribution in [0.15, 0.2) is 0 Å². The van der Waals surface area contributed by atoms with Crippen molar-refractivity contribution in [2.75, 3.05) is 6.54 Å². The molecule has 0 aromatic heterocycles. The summed E-state index contributed by atoms with van der Waals surface area (Å²) in [6, 6.07) is 0. The summed E-state index contributed by atoms with van der Waals surface area (Å²) in [6.45, 7) is 2.04. The Labute approximate surface area is 36.6 Å². The predicted octanol–water partition coefficient (Wildman–Crippen LogP) is -0.177. The molecule has 1 atom stereocenters. The van der Waals surface area contributed by atoms with Crippen molar-refractivity contribution in [2.24, 2.45) is 5.73 Å². The summed E-state index contributed by atoms with van der Waals surface area (Å²) < 4.78 is 0. The Kier molecular flexibility index (Phi) is 3.02. The molecular formula is C3H9NO2. The molecule has 0 heterocycles. The average molecular weight is 91.1 g/mol. The first kappa shape index (κ1) is 5.88. The van der Waals surface area contributed by atoms with Crippen LogP contribution in [-0.2, 0) is 4.89 Å². The van der Waals surface area contributed by atoms with Gasteiger partial charge in [0.15, 0.2) is 0 Å². The zero-order chi connectivity index (χ0) is 4.99. The molecule has 0 fully saturated rings. The van der Waals surface area contributed by atoms with Gasteiger partial charge in [-0.15, -0.1) is 0 Å². The van der Waals surface area contributed by atoms with E-state index in [0.29, 0.717) is 6.54 Å². The standard InChI is InChI=1S/C3H9NO2/c1-3(2-4)6-5/h3,5H,2,4H2,1H3. The van der Waals surface area contributed by atoms with E-state index in [9.17, 15) is 0 Å². The molecule has 3 heteroatoms. The van der Waals surface area contributed by atoms with E-state index in [1.54, 1.807) is 6.92 Å². The minimum atomic E-state index is -0.231. The van der Waals surface area contributed by atoms with Crippen molar-refractivity contribution < 1.29 is 10.1 Å². The summed E-state index contributed by atoms with van der Waals surface area (Å²) in [7, 11) is 0. The highest BCUT2D eigenvalue weighted by molar-refractivity contribution is 4.42. The van der Waals surface area contributed by atoms with E-state index >= 15 is 0 Å². The molecule has 0 saturated heterocycles. The van der Waals surface area contributed by atoms with E-state index < -0.39 is 0 Å². The molecule has 0 radical (unpaired) electrons. The molecule has 0 saturated carbocycles. The monoisotopic (exact) mass is 91.1 g/mol. The summed E-state index contributed by atoms with van der Waals surface area (Å²) in [6.07, 6.45) is -0.231. The number of hydrogen-bond acceptors (Lipinski definition) is 3. The smallest absolute Gasteiger partial charge is 0.102 e. The molecule has 0 bridgehead atoms. The molecule has 1 unspecified atom stereocenters. The second-order valence-corrected chi connectivity index (χ2v) is 1.15. The molecule has 3 N–H and O–H groups in total. The van der Waals surface area contributed by atoms with Gasteiger partial charge in [0, 0.05) is 6.54 Å². The molecule has 0 aliphatic rings. The topological polar surface area (TPSA) is 55.5 Å². The number of rotatable bonds is 2. The lowest BCUT2D eigenvalue weighted by molar-refractivity contribution is -0.270. The van der Waals surface area contributed by atoms with Gasteiger partial charge in [-0.25, -0.2) is 4.89 Å². The Morgan fingerprint density at radius 3 is 2.50 bits per heavy atom. The number of nitrogens with two attached hydrogens (primary N) is 1. The predicted molar refractivity (Wildman–Crippen MR) is 22.2 cm³/mol. The first-order valence-electron chi connectivity index (χ1n) is 1.81. The van der Waals surface area contributed by atoms with Crippen LogP contribution in [-0.4, -0.2) is 17.9 Å². The average Bonchev–Trinajstić information content (AvgIpc) is 1.65. The van der Waals surface area contributed by atoms with E-state index in [0.717, 1.165) is 0 Å². The molecule has 0 amide bonds. The summed E-state index contributed by atoms with van der Waals surface area (Å²) in [5.41, 5.74) is 5.00. The van der Waals surface area contributed by atoms with Gasteiger partial charge >= 0.3 is 0 Å². The normalized spacial score (nSPS) is 14.5. The SMILES string of the molecule is CC(CN)OO. The molecule has 0 aliphatic carbocycles. The third-order valence-electron chi connectivity index (χ3n) is 0.512. The Morgan fingerprint density at radius 1 is 2.00 bits per heavy atom. The Bertz CT molecular complexity index is 28.0. The molecule has 0 aromatic carbocycles. The highest BCUT2D eigenvalue weighted by Crippen LogP contribution is 1.77. The van der Waals surface area contributed by atoms with Crippen LogP contribution in [0.25, 0.3) is 0 Å². The highest BCUT2D eigenvalue weighted by atomic mass is 17.1. The maximum atomic E-state index is 7.75. The molecule has 0 aromatic rings. The molecule has 0 aliphatic heterocycles. The van der Waals surface area contributed by atoms with Crippen LogP contribution in [0.1, 0.15) is 6.92 Å². The third-order valence-corrected chi connectivity index (χ3v) is 0.512. The lowest BCUT2D eigenvalue weighted by Crippen LogP contribution is -2.17. The van der Waals surface area contributed by atoms with Crippen LogP contribution in [0, 0.1) is 0 Å². The Morgan fingerprint density at radius 2 is 2.50 bits per heavy atom. The maximum absolute atomic E-state index is 7.75. The maximum Gasteiger partial charge on any atom is 0.102 e. The Hall–Kier alpha value is -0.120. The second kappa shape index (κ2) is 3.08. The second-order valence-electron chi connectivity index (χ2n) is 1.15. The van der Waals surface area contributed by atoms with E-state index in [4.69, 9.17) is 11.0 Å². The van der Waals surface area contributed by atoms with Crippen LogP contribution in [0.3, 0.4) is 0 Å². The Balaban J connectivity index is 2.75. The van der Waals surface area contributed by atoms with E-state index in [-0.39, 0.29) is 6.10 Å². The molecule has 38 valence electrons. The fourth-order valence-corrected chi connectivity index (χ4v) is 0.0430. The molecule has 3 nitrogen and oxygen atoms in total. The fraction of sp³-hybridized carbons (Fsp3) is 1.00. The van der Waals surface area contributed by atoms with Crippen LogP contribution in [0.5, 0.6) is 0 Å². The minimum Gasteiger partial charge on any atom is -0.328 e. The van der Waals surface area contributed by atoms with Gasteiger partial charge in [-0.1, -0.05) is 0 Å². The van der Waals surface area contributed by atoms with Gasteiger partial charge in [0.2, 0.25) is 0 Å². The third kappa shape index (κ3) is 2.14. The molecule has 6 heavy (non-hydrogen) atoms. The van der Waals surface area contributed by atoms with Gasteiger partial charge < -0.3 is 5.73 Å². The largest absolute Gasteiger partial charge is 0.328 e. The first-order valence-corrected chi connectivity index (χ1v) is 1.81. The fourth-order valence-electron chi connectivity index (χ4n) is 0.0430. The van der Waals surface area contributed by atoms with Crippen molar-refractivity contribution in [1.29, 1.82) is 0 Å². The van der Waals surface area contributed by atoms with Gasteiger partial charge in [0.25, 0.3) is 0 Å². The minimum absolute atomic E-state index is 0.231. The van der Waals surface area contributed by atoms with Crippen molar-refractivity contribution in [2.45, 2.75) is 13.0 Å². The first-order chi connectivity index (χ1) is 2.81. The van der Waals surface area contributed by atoms with E-state index in [2.05, 4.69) is 4.89 Å². The van der Waals surface area contributed by atoms with Crippen molar-refractivity contribution in [3.05, 3.63) is 0 Å². The van der Waals surface area contributed by atoms with Gasteiger partial charge in [0.05, 0.1) is 0 Å². The highest BCUT2D eigenvalue weighted by Gasteiger charge is 1.91. The summed E-state index contributed by atoms with van der Waals surface area (Å²) in [5.74, 6) is 0. The van der Waals surface area contributed by atoms with Crippen molar-refractivity contribution in [3.8, 4) is 0 Å². The quantitative estimate of drug-likeness (QED) is 0.366. The van der Waals surface area contributed by atoms with Gasteiger partial charge in [-0.05, 0) is 6.92 Å². The van der Waals surface area contributed by atoms with Crippen molar-refractivity contribution in [3.63, 3.8) is 0 Å². The lowest BCUT2D eigenvalue weighted by atomic mass is 10.4. The molecular weight excluding hydrogens is 82.0 g/mol. The van der Waals surface area contributed by atoms with Crippen molar-refractivity contribution >= 4 is 0 Å².